The van der Waals surface area contributed by atoms with Crippen LogP contribution in [-0.2, 0) is 13.5 Å². The quantitative estimate of drug-likeness (QED) is 0.832. The Hall–Kier alpha value is -1.30. The smallest absolute Gasteiger partial charge is 0.0689 e. The van der Waals surface area contributed by atoms with Crippen LogP contribution in [-0.4, -0.2) is 9.78 Å². The molecule has 1 saturated carbocycles. The lowest BCUT2D eigenvalue weighted by atomic mass is 9.63. The summed E-state index contributed by atoms with van der Waals surface area (Å²) in [4.78, 5) is 0. The molecular weight excluding hydrogens is 246 g/mol. The minimum Gasteiger partial charge on any atom is -0.276 e. The zero-order chi connectivity index (χ0) is 14.8. The standard InChI is InChI=1S/C17H27N3/c1-16(2,3)15-6-9-17(13-18,10-7-15)8-5-14-11-19-20(4)12-14/h11-12,15H,5-10H2,1-4H3. The first kappa shape index (κ1) is 15.1. The second kappa shape index (κ2) is 5.60. The van der Waals surface area contributed by atoms with E-state index in [1.54, 1.807) is 0 Å². The molecule has 0 radical (unpaired) electrons. The van der Waals surface area contributed by atoms with Crippen LogP contribution < -0.4 is 0 Å². The molecule has 0 atom stereocenters. The van der Waals surface area contributed by atoms with E-state index in [0.29, 0.717) is 5.41 Å². The molecule has 1 aliphatic rings. The SMILES string of the molecule is Cn1cc(CCC2(C#N)CCC(C(C)(C)C)CC2)cn1. The second-order valence-electron chi connectivity index (χ2n) is 7.55. The molecule has 0 N–H and O–H groups in total. The molecular formula is C17H27N3. The topological polar surface area (TPSA) is 41.6 Å². The number of hydrogen-bond donors (Lipinski definition) is 0. The van der Waals surface area contributed by atoms with Gasteiger partial charge in [-0.25, -0.2) is 0 Å². The summed E-state index contributed by atoms with van der Waals surface area (Å²) in [6.45, 7) is 6.98. The van der Waals surface area contributed by atoms with Gasteiger partial charge in [0.2, 0.25) is 0 Å². The molecule has 0 unspecified atom stereocenters. The van der Waals surface area contributed by atoms with Crippen LogP contribution in [0, 0.1) is 28.1 Å². The number of hydrogen-bond acceptors (Lipinski definition) is 2. The molecule has 1 fully saturated rings. The van der Waals surface area contributed by atoms with Gasteiger partial charge < -0.3 is 0 Å². The molecule has 0 aromatic carbocycles. The predicted molar refractivity (Wildman–Crippen MR) is 81.0 cm³/mol. The lowest BCUT2D eigenvalue weighted by molar-refractivity contribution is 0.115. The third kappa shape index (κ3) is 3.42. The monoisotopic (exact) mass is 273 g/mol. The number of nitriles is 1. The zero-order valence-electron chi connectivity index (χ0n) is 13.3. The van der Waals surface area contributed by atoms with E-state index >= 15 is 0 Å². The molecule has 0 saturated heterocycles. The summed E-state index contributed by atoms with van der Waals surface area (Å²) in [5.74, 6) is 0.766. The van der Waals surface area contributed by atoms with E-state index in [1.807, 2.05) is 17.9 Å². The number of nitrogens with zero attached hydrogens (tertiary/aromatic N) is 3. The van der Waals surface area contributed by atoms with Crippen molar-refractivity contribution in [3.63, 3.8) is 0 Å². The predicted octanol–water partition coefficient (Wildman–Crippen LogP) is 4.10. The highest BCUT2D eigenvalue weighted by molar-refractivity contribution is 5.09. The molecule has 1 aromatic rings. The van der Waals surface area contributed by atoms with Gasteiger partial charge in [0.1, 0.15) is 0 Å². The molecule has 0 bridgehead atoms. The van der Waals surface area contributed by atoms with Gasteiger partial charge in [0.15, 0.2) is 0 Å². The Morgan fingerprint density at radius 2 is 2.05 bits per heavy atom. The van der Waals surface area contributed by atoms with Crippen molar-refractivity contribution in [2.75, 3.05) is 0 Å². The molecule has 20 heavy (non-hydrogen) atoms. The highest BCUT2D eigenvalue weighted by atomic mass is 15.2. The maximum Gasteiger partial charge on any atom is 0.0689 e. The largest absolute Gasteiger partial charge is 0.276 e. The summed E-state index contributed by atoms with van der Waals surface area (Å²) in [7, 11) is 1.94. The Morgan fingerprint density at radius 3 is 2.50 bits per heavy atom. The molecule has 1 aromatic heterocycles. The van der Waals surface area contributed by atoms with E-state index in [-0.39, 0.29) is 5.41 Å². The molecule has 0 spiro atoms. The summed E-state index contributed by atoms with van der Waals surface area (Å²) in [5, 5.41) is 13.9. The van der Waals surface area contributed by atoms with Crippen molar-refractivity contribution >= 4 is 0 Å². The van der Waals surface area contributed by atoms with Crippen molar-refractivity contribution in [3.8, 4) is 6.07 Å². The van der Waals surface area contributed by atoms with Crippen molar-refractivity contribution in [1.29, 1.82) is 5.26 Å². The Morgan fingerprint density at radius 1 is 1.40 bits per heavy atom. The van der Waals surface area contributed by atoms with Gasteiger partial charge in [-0.3, -0.25) is 4.68 Å². The van der Waals surface area contributed by atoms with Crippen LogP contribution in [0.2, 0.25) is 0 Å². The third-order valence-electron chi connectivity index (χ3n) is 5.06. The van der Waals surface area contributed by atoms with Gasteiger partial charge in [0, 0.05) is 13.2 Å². The lowest BCUT2D eigenvalue weighted by Gasteiger charge is -2.40. The summed E-state index contributed by atoms with van der Waals surface area (Å²) in [6.07, 6.45) is 10.5. The molecule has 3 heteroatoms. The van der Waals surface area contributed by atoms with Crippen molar-refractivity contribution in [3.05, 3.63) is 18.0 Å². The van der Waals surface area contributed by atoms with E-state index < -0.39 is 0 Å². The molecule has 1 heterocycles. The van der Waals surface area contributed by atoms with Gasteiger partial charge >= 0.3 is 0 Å². The fraction of sp³-hybridized carbons (Fsp3) is 0.765. The van der Waals surface area contributed by atoms with Gasteiger partial charge in [-0.2, -0.15) is 10.4 Å². The summed E-state index contributed by atoms with van der Waals surface area (Å²) in [5.41, 5.74) is 1.53. The van der Waals surface area contributed by atoms with Gasteiger partial charge in [-0.05, 0) is 55.4 Å². The van der Waals surface area contributed by atoms with Crippen LogP contribution in [0.25, 0.3) is 0 Å². The summed E-state index contributed by atoms with van der Waals surface area (Å²) >= 11 is 0. The van der Waals surface area contributed by atoms with Gasteiger partial charge in [0.05, 0.1) is 17.7 Å². The van der Waals surface area contributed by atoms with Gasteiger partial charge in [0.25, 0.3) is 0 Å². The van der Waals surface area contributed by atoms with Crippen LogP contribution in [0.1, 0.15) is 58.4 Å². The van der Waals surface area contributed by atoms with Gasteiger partial charge in [-0.15, -0.1) is 0 Å². The Balaban J connectivity index is 1.94. The fourth-order valence-corrected chi connectivity index (χ4v) is 3.44. The molecule has 3 nitrogen and oxygen atoms in total. The van der Waals surface area contributed by atoms with E-state index in [1.165, 1.54) is 18.4 Å². The molecule has 1 aliphatic carbocycles. The number of aryl methyl sites for hydroxylation is 2. The average molecular weight is 273 g/mol. The zero-order valence-corrected chi connectivity index (χ0v) is 13.3. The summed E-state index contributed by atoms with van der Waals surface area (Å²) in [6, 6.07) is 2.64. The molecule has 2 rings (SSSR count). The highest BCUT2D eigenvalue weighted by Gasteiger charge is 2.38. The number of aromatic nitrogens is 2. The van der Waals surface area contributed by atoms with E-state index in [4.69, 9.17) is 0 Å². The first-order chi connectivity index (χ1) is 9.35. The minimum absolute atomic E-state index is 0.0996. The highest BCUT2D eigenvalue weighted by Crippen LogP contribution is 2.47. The van der Waals surface area contributed by atoms with E-state index in [0.717, 1.165) is 31.6 Å². The first-order valence-corrected chi connectivity index (χ1v) is 7.73. The minimum atomic E-state index is -0.0996. The fourth-order valence-electron chi connectivity index (χ4n) is 3.44. The van der Waals surface area contributed by atoms with E-state index in [9.17, 15) is 5.26 Å². The van der Waals surface area contributed by atoms with Crippen molar-refractivity contribution < 1.29 is 0 Å². The van der Waals surface area contributed by atoms with Crippen LogP contribution in [0.3, 0.4) is 0 Å². The van der Waals surface area contributed by atoms with Crippen LogP contribution in [0.15, 0.2) is 12.4 Å². The van der Waals surface area contributed by atoms with Crippen LogP contribution >= 0.6 is 0 Å². The van der Waals surface area contributed by atoms with Crippen LogP contribution in [0.5, 0.6) is 0 Å². The Kier molecular flexibility index (Phi) is 4.22. The normalized spacial score (nSPS) is 27.2. The van der Waals surface area contributed by atoms with Crippen LogP contribution in [0.4, 0.5) is 0 Å². The van der Waals surface area contributed by atoms with Gasteiger partial charge in [-0.1, -0.05) is 20.8 Å². The first-order valence-electron chi connectivity index (χ1n) is 7.73. The average Bonchev–Trinajstić information content (AvgIpc) is 2.82. The van der Waals surface area contributed by atoms with Crippen molar-refractivity contribution in [2.45, 2.75) is 59.3 Å². The number of rotatable bonds is 3. The lowest BCUT2D eigenvalue weighted by Crippen LogP contribution is -2.32. The summed E-state index contributed by atoms with van der Waals surface area (Å²) < 4.78 is 1.84. The van der Waals surface area contributed by atoms with Crippen molar-refractivity contribution in [1.82, 2.24) is 9.78 Å². The third-order valence-corrected chi connectivity index (χ3v) is 5.06. The second-order valence-corrected chi connectivity index (χ2v) is 7.55. The maximum absolute atomic E-state index is 9.64. The van der Waals surface area contributed by atoms with E-state index in [2.05, 4.69) is 38.1 Å². The maximum atomic E-state index is 9.64. The Bertz CT molecular complexity index is 479. The van der Waals surface area contributed by atoms with Crippen molar-refractivity contribution in [2.24, 2.45) is 23.8 Å². The molecule has 110 valence electrons. The molecule has 0 aliphatic heterocycles. The molecule has 0 amide bonds. The Labute approximate surface area is 123 Å².